The summed E-state index contributed by atoms with van der Waals surface area (Å²) < 4.78 is 10.4. The Hall–Kier alpha value is -2.18. The standard InChI is InChI=1S/C19H27N3O3/c1-3-25-11-10-14-4-6-15(7-5-14)12-21-19(23)17-9-8-16(13-24-2)22-18(17)20/h4-8,17H,3,9-13H2,1-2H3,(H2,20,22)(H,21,23). The molecule has 0 saturated heterocycles. The highest BCUT2D eigenvalue weighted by Crippen LogP contribution is 2.16. The molecule has 0 bridgehead atoms. The molecule has 0 radical (unpaired) electrons. The Kier molecular flexibility index (Phi) is 7.63. The Morgan fingerprint density at radius 1 is 1.32 bits per heavy atom. The van der Waals surface area contributed by atoms with Crippen LogP contribution in [0.3, 0.4) is 0 Å². The van der Waals surface area contributed by atoms with Crippen molar-refractivity contribution in [1.29, 1.82) is 0 Å². The van der Waals surface area contributed by atoms with Crippen molar-refractivity contribution in [3.63, 3.8) is 0 Å². The van der Waals surface area contributed by atoms with Crippen molar-refractivity contribution in [3.05, 3.63) is 47.2 Å². The quantitative estimate of drug-likeness (QED) is 0.668. The number of benzene rings is 1. The van der Waals surface area contributed by atoms with Gasteiger partial charge in [-0.3, -0.25) is 4.79 Å². The summed E-state index contributed by atoms with van der Waals surface area (Å²) in [4.78, 5) is 16.6. The number of allylic oxidation sites excluding steroid dienone is 1. The van der Waals surface area contributed by atoms with Gasteiger partial charge in [0.2, 0.25) is 5.91 Å². The zero-order chi connectivity index (χ0) is 18.1. The lowest BCUT2D eigenvalue weighted by Gasteiger charge is -2.19. The lowest BCUT2D eigenvalue weighted by molar-refractivity contribution is -0.123. The van der Waals surface area contributed by atoms with Crippen LogP contribution in [0.4, 0.5) is 0 Å². The molecular formula is C19H27N3O3. The maximum Gasteiger partial charge on any atom is 0.231 e. The van der Waals surface area contributed by atoms with Crippen LogP contribution in [0, 0.1) is 5.92 Å². The van der Waals surface area contributed by atoms with E-state index in [-0.39, 0.29) is 5.91 Å². The zero-order valence-corrected chi connectivity index (χ0v) is 15.0. The van der Waals surface area contributed by atoms with E-state index in [0.29, 0.717) is 25.4 Å². The molecule has 25 heavy (non-hydrogen) atoms. The normalized spacial score (nSPS) is 17.0. The molecule has 0 fully saturated rings. The SMILES string of the molecule is CCOCCc1ccc(CNC(=O)C2CC=C(COC)N=C2N)cc1. The maximum absolute atomic E-state index is 12.3. The molecule has 1 aliphatic heterocycles. The van der Waals surface area contributed by atoms with Gasteiger partial charge >= 0.3 is 0 Å². The Morgan fingerprint density at radius 3 is 2.68 bits per heavy atom. The second-order valence-electron chi connectivity index (χ2n) is 5.93. The molecule has 1 aromatic rings. The van der Waals surface area contributed by atoms with Crippen LogP contribution in [0.2, 0.25) is 0 Å². The number of nitrogens with zero attached hydrogens (tertiary/aromatic N) is 1. The van der Waals surface area contributed by atoms with Crippen molar-refractivity contribution in [2.75, 3.05) is 26.9 Å². The molecular weight excluding hydrogens is 318 g/mol. The van der Waals surface area contributed by atoms with E-state index in [1.807, 2.05) is 25.1 Å². The monoisotopic (exact) mass is 345 g/mol. The summed E-state index contributed by atoms with van der Waals surface area (Å²) in [5, 5.41) is 2.93. The Morgan fingerprint density at radius 2 is 2.04 bits per heavy atom. The van der Waals surface area contributed by atoms with Gasteiger partial charge in [0.15, 0.2) is 0 Å². The van der Waals surface area contributed by atoms with Crippen LogP contribution in [0.1, 0.15) is 24.5 Å². The predicted molar refractivity (Wildman–Crippen MR) is 98.2 cm³/mol. The maximum atomic E-state index is 12.3. The minimum Gasteiger partial charge on any atom is -0.386 e. The molecule has 6 heteroatoms. The molecule has 1 aromatic carbocycles. The van der Waals surface area contributed by atoms with E-state index in [1.165, 1.54) is 5.56 Å². The molecule has 136 valence electrons. The van der Waals surface area contributed by atoms with Crippen molar-refractivity contribution in [3.8, 4) is 0 Å². The second-order valence-corrected chi connectivity index (χ2v) is 5.93. The predicted octanol–water partition coefficient (Wildman–Crippen LogP) is 1.79. The van der Waals surface area contributed by atoms with Gasteiger partial charge in [-0.15, -0.1) is 0 Å². The molecule has 0 aliphatic carbocycles. The molecule has 0 aromatic heterocycles. The van der Waals surface area contributed by atoms with E-state index in [4.69, 9.17) is 15.2 Å². The van der Waals surface area contributed by atoms with Crippen molar-refractivity contribution >= 4 is 11.7 Å². The molecule has 0 saturated carbocycles. The number of amides is 1. The van der Waals surface area contributed by atoms with Crippen molar-refractivity contribution in [2.24, 2.45) is 16.6 Å². The lowest BCUT2D eigenvalue weighted by Crippen LogP contribution is -2.39. The van der Waals surface area contributed by atoms with Crippen LogP contribution < -0.4 is 11.1 Å². The van der Waals surface area contributed by atoms with Gasteiger partial charge in [0.1, 0.15) is 5.84 Å². The van der Waals surface area contributed by atoms with Crippen molar-refractivity contribution < 1.29 is 14.3 Å². The molecule has 1 unspecified atom stereocenters. The first-order valence-corrected chi connectivity index (χ1v) is 8.59. The molecule has 1 atom stereocenters. The van der Waals surface area contributed by atoms with E-state index in [9.17, 15) is 4.79 Å². The number of ether oxygens (including phenoxy) is 2. The summed E-state index contributed by atoms with van der Waals surface area (Å²) in [5.41, 5.74) is 8.97. The third-order valence-corrected chi connectivity index (χ3v) is 4.06. The summed E-state index contributed by atoms with van der Waals surface area (Å²) in [7, 11) is 1.60. The van der Waals surface area contributed by atoms with Crippen LogP contribution in [0.5, 0.6) is 0 Å². The molecule has 1 heterocycles. The topological polar surface area (TPSA) is 85.9 Å². The van der Waals surface area contributed by atoms with Crippen LogP contribution in [-0.2, 0) is 27.2 Å². The molecule has 1 aliphatic rings. The summed E-state index contributed by atoms with van der Waals surface area (Å²) in [5.74, 6) is -0.168. The first-order chi connectivity index (χ1) is 12.1. The van der Waals surface area contributed by atoms with E-state index < -0.39 is 5.92 Å². The van der Waals surface area contributed by atoms with Gasteiger partial charge in [-0.25, -0.2) is 4.99 Å². The second kappa shape index (κ2) is 9.96. The van der Waals surface area contributed by atoms with Gasteiger partial charge in [-0.2, -0.15) is 0 Å². The van der Waals surface area contributed by atoms with Gasteiger partial charge < -0.3 is 20.5 Å². The number of carbonyl (C=O) groups is 1. The van der Waals surface area contributed by atoms with E-state index in [0.717, 1.165) is 30.9 Å². The third kappa shape index (κ3) is 5.99. The summed E-state index contributed by atoms with van der Waals surface area (Å²) in [6.45, 7) is 4.34. The average molecular weight is 345 g/mol. The highest BCUT2D eigenvalue weighted by atomic mass is 16.5. The molecule has 3 N–H and O–H groups in total. The Balaban J connectivity index is 1.81. The fourth-order valence-electron chi connectivity index (χ4n) is 2.61. The first-order valence-electron chi connectivity index (χ1n) is 8.59. The average Bonchev–Trinajstić information content (AvgIpc) is 2.61. The van der Waals surface area contributed by atoms with Crippen molar-refractivity contribution in [2.45, 2.75) is 26.3 Å². The van der Waals surface area contributed by atoms with E-state index in [2.05, 4.69) is 22.4 Å². The fourth-order valence-corrected chi connectivity index (χ4v) is 2.61. The molecule has 6 nitrogen and oxygen atoms in total. The largest absolute Gasteiger partial charge is 0.386 e. The molecule has 1 amide bonds. The Labute approximate surface area is 149 Å². The van der Waals surface area contributed by atoms with Crippen LogP contribution in [-0.4, -0.2) is 38.7 Å². The number of rotatable bonds is 9. The third-order valence-electron chi connectivity index (χ3n) is 4.06. The van der Waals surface area contributed by atoms with Crippen LogP contribution in [0.25, 0.3) is 0 Å². The van der Waals surface area contributed by atoms with Crippen LogP contribution >= 0.6 is 0 Å². The molecule has 2 rings (SSSR count). The number of aliphatic imine (C=N–C) groups is 1. The van der Waals surface area contributed by atoms with Gasteiger partial charge in [-0.05, 0) is 30.9 Å². The smallest absolute Gasteiger partial charge is 0.231 e. The minimum absolute atomic E-state index is 0.102. The van der Waals surface area contributed by atoms with E-state index >= 15 is 0 Å². The number of amidine groups is 1. The number of methoxy groups -OCH3 is 1. The summed E-state index contributed by atoms with van der Waals surface area (Å²) >= 11 is 0. The highest BCUT2D eigenvalue weighted by Gasteiger charge is 2.24. The fraction of sp³-hybridized carbons (Fsp3) is 0.474. The van der Waals surface area contributed by atoms with Gasteiger partial charge in [-0.1, -0.05) is 30.3 Å². The van der Waals surface area contributed by atoms with Gasteiger partial charge in [0.05, 0.1) is 24.8 Å². The number of hydrogen-bond donors (Lipinski definition) is 2. The van der Waals surface area contributed by atoms with Gasteiger partial charge in [0, 0.05) is 20.3 Å². The molecule has 0 spiro atoms. The summed E-state index contributed by atoms with van der Waals surface area (Å²) in [6.07, 6.45) is 3.35. The van der Waals surface area contributed by atoms with E-state index in [1.54, 1.807) is 7.11 Å². The zero-order valence-electron chi connectivity index (χ0n) is 15.0. The number of carbonyl (C=O) groups excluding carboxylic acids is 1. The van der Waals surface area contributed by atoms with Crippen molar-refractivity contribution in [1.82, 2.24) is 5.32 Å². The lowest BCUT2D eigenvalue weighted by atomic mass is 9.99. The van der Waals surface area contributed by atoms with Gasteiger partial charge in [0.25, 0.3) is 0 Å². The first kappa shape index (κ1) is 19.1. The van der Waals surface area contributed by atoms with Crippen LogP contribution in [0.15, 0.2) is 41.0 Å². The Bertz CT molecular complexity index is 623. The minimum atomic E-state index is -0.411. The number of hydrogen-bond acceptors (Lipinski definition) is 5. The number of nitrogens with one attached hydrogen (secondary N) is 1. The summed E-state index contributed by atoms with van der Waals surface area (Å²) in [6, 6.07) is 8.18. The highest BCUT2D eigenvalue weighted by molar-refractivity contribution is 6.03. The number of nitrogens with two attached hydrogens (primary N) is 1.